The van der Waals surface area contributed by atoms with E-state index in [4.69, 9.17) is 11.6 Å². The summed E-state index contributed by atoms with van der Waals surface area (Å²) in [7, 11) is 0. The molecule has 0 spiro atoms. The van der Waals surface area contributed by atoms with Crippen molar-refractivity contribution in [3.05, 3.63) is 29.3 Å². The Morgan fingerprint density at radius 2 is 1.93 bits per heavy atom. The first-order valence-corrected chi connectivity index (χ1v) is 9.81. The summed E-state index contributed by atoms with van der Waals surface area (Å²) in [4.78, 5) is 38.9. The number of carbonyl (C=O) groups is 3. The van der Waals surface area contributed by atoms with Crippen LogP contribution >= 0.6 is 11.6 Å². The Hall–Kier alpha value is -2.28. The Morgan fingerprint density at radius 3 is 2.67 bits per heavy atom. The van der Waals surface area contributed by atoms with E-state index in [0.29, 0.717) is 23.8 Å². The molecule has 0 bridgehead atoms. The van der Waals surface area contributed by atoms with Gasteiger partial charge in [0.05, 0.1) is 17.1 Å². The van der Waals surface area contributed by atoms with Crippen molar-refractivity contribution in [2.24, 2.45) is 0 Å². The second kappa shape index (κ2) is 9.08. The third kappa shape index (κ3) is 5.13. The molecule has 4 amide bonds. The van der Waals surface area contributed by atoms with Crippen LogP contribution in [0.4, 0.5) is 10.5 Å². The molecule has 1 heterocycles. The molecule has 1 saturated carbocycles. The highest BCUT2D eigenvalue weighted by atomic mass is 35.5. The number of urea groups is 1. The first-order valence-electron chi connectivity index (χ1n) is 9.44. The van der Waals surface area contributed by atoms with Crippen LogP contribution < -0.4 is 16.0 Å². The lowest BCUT2D eigenvalue weighted by atomic mass is 9.95. The van der Waals surface area contributed by atoms with Crippen molar-refractivity contribution < 1.29 is 14.4 Å². The zero-order valence-corrected chi connectivity index (χ0v) is 15.9. The molecule has 1 aromatic carbocycles. The molecule has 8 heteroatoms. The van der Waals surface area contributed by atoms with E-state index in [0.717, 1.165) is 25.7 Å². The maximum Gasteiger partial charge on any atom is 0.318 e. The average Bonchev–Trinajstić information content (AvgIpc) is 2.66. The molecule has 1 aliphatic carbocycles. The highest BCUT2D eigenvalue weighted by Gasteiger charge is 2.35. The Balaban J connectivity index is 1.63. The van der Waals surface area contributed by atoms with Crippen LogP contribution in [0.2, 0.25) is 5.02 Å². The van der Waals surface area contributed by atoms with Gasteiger partial charge in [0.15, 0.2) is 0 Å². The standard InChI is InChI=1S/C19H25ClN4O3/c20-14-8-4-5-9-15(14)23-17(25)12-16-18(26)21-10-11-24(16)19(27)22-13-6-2-1-3-7-13/h4-5,8-9,13,16H,1-3,6-7,10-12H2,(H,21,26)(H,22,27)(H,23,25)/t16-/m0/s1. The molecular weight excluding hydrogens is 368 g/mol. The van der Waals surface area contributed by atoms with E-state index in [1.165, 1.54) is 11.3 Å². The van der Waals surface area contributed by atoms with Gasteiger partial charge in [-0.15, -0.1) is 0 Å². The van der Waals surface area contributed by atoms with Gasteiger partial charge in [0.2, 0.25) is 11.8 Å². The number of nitrogens with zero attached hydrogens (tertiary/aromatic N) is 1. The second-order valence-corrected chi connectivity index (χ2v) is 7.42. The molecule has 1 saturated heterocycles. The van der Waals surface area contributed by atoms with Crippen LogP contribution in [0.15, 0.2) is 24.3 Å². The van der Waals surface area contributed by atoms with E-state index < -0.39 is 6.04 Å². The molecule has 2 aliphatic rings. The summed E-state index contributed by atoms with van der Waals surface area (Å²) in [5.41, 5.74) is 0.485. The van der Waals surface area contributed by atoms with Crippen LogP contribution in [0.25, 0.3) is 0 Å². The predicted octanol–water partition coefficient (Wildman–Crippen LogP) is 2.51. The summed E-state index contributed by atoms with van der Waals surface area (Å²) in [6, 6.07) is 5.94. The van der Waals surface area contributed by atoms with E-state index in [1.807, 2.05) is 0 Å². The molecule has 0 radical (unpaired) electrons. The van der Waals surface area contributed by atoms with Crippen LogP contribution in [0, 0.1) is 0 Å². The van der Waals surface area contributed by atoms with Crippen LogP contribution in [0.3, 0.4) is 0 Å². The minimum atomic E-state index is -0.829. The summed E-state index contributed by atoms with van der Waals surface area (Å²) < 4.78 is 0. The number of nitrogens with one attached hydrogen (secondary N) is 3. The fourth-order valence-corrected chi connectivity index (χ4v) is 3.79. The Morgan fingerprint density at radius 1 is 1.19 bits per heavy atom. The van der Waals surface area contributed by atoms with Gasteiger partial charge in [0.1, 0.15) is 6.04 Å². The van der Waals surface area contributed by atoms with Crippen LogP contribution in [-0.4, -0.2) is 47.9 Å². The third-order valence-corrected chi connectivity index (χ3v) is 5.38. The molecule has 0 unspecified atom stereocenters. The monoisotopic (exact) mass is 392 g/mol. The minimum absolute atomic E-state index is 0.116. The zero-order valence-electron chi connectivity index (χ0n) is 15.2. The number of piperazine rings is 1. The Labute approximate surface area is 163 Å². The number of carbonyl (C=O) groups excluding carboxylic acids is 3. The number of halogens is 1. The molecule has 146 valence electrons. The van der Waals surface area contributed by atoms with E-state index in [9.17, 15) is 14.4 Å². The van der Waals surface area contributed by atoms with Crippen molar-refractivity contribution in [3.63, 3.8) is 0 Å². The number of anilines is 1. The quantitative estimate of drug-likeness (QED) is 0.735. The van der Waals surface area contributed by atoms with Gasteiger partial charge in [-0.3, -0.25) is 9.59 Å². The highest BCUT2D eigenvalue weighted by Crippen LogP contribution is 2.22. The summed E-state index contributed by atoms with van der Waals surface area (Å²) in [5.74, 6) is -0.671. The van der Waals surface area contributed by atoms with Gasteiger partial charge < -0.3 is 20.9 Å². The number of para-hydroxylation sites is 1. The van der Waals surface area contributed by atoms with Gasteiger partial charge in [0.25, 0.3) is 0 Å². The minimum Gasteiger partial charge on any atom is -0.353 e. The Kier molecular flexibility index (Phi) is 6.55. The van der Waals surface area contributed by atoms with Crippen molar-refractivity contribution in [1.82, 2.24) is 15.5 Å². The molecular formula is C19H25ClN4O3. The molecule has 3 rings (SSSR count). The SMILES string of the molecule is O=C(C[C@H]1C(=O)NCCN1C(=O)NC1CCCCC1)Nc1ccccc1Cl. The first-order chi connectivity index (χ1) is 13.0. The average molecular weight is 393 g/mol. The maximum absolute atomic E-state index is 12.7. The largest absolute Gasteiger partial charge is 0.353 e. The van der Waals surface area contributed by atoms with E-state index in [2.05, 4.69) is 16.0 Å². The van der Waals surface area contributed by atoms with Crippen LogP contribution in [0.5, 0.6) is 0 Å². The summed E-state index contributed by atoms with van der Waals surface area (Å²) in [6.45, 7) is 0.772. The topological polar surface area (TPSA) is 90.5 Å². The number of hydrogen-bond acceptors (Lipinski definition) is 3. The van der Waals surface area contributed by atoms with Crippen molar-refractivity contribution >= 4 is 35.1 Å². The summed E-state index contributed by atoms with van der Waals surface area (Å²) in [5, 5.41) is 8.89. The van der Waals surface area contributed by atoms with Crippen molar-refractivity contribution in [3.8, 4) is 0 Å². The summed E-state index contributed by atoms with van der Waals surface area (Å²) >= 11 is 6.06. The van der Waals surface area contributed by atoms with Crippen molar-refractivity contribution in [2.45, 2.75) is 50.6 Å². The molecule has 7 nitrogen and oxygen atoms in total. The molecule has 1 aliphatic heterocycles. The van der Waals surface area contributed by atoms with Crippen molar-refractivity contribution in [2.75, 3.05) is 18.4 Å². The molecule has 27 heavy (non-hydrogen) atoms. The van der Waals surface area contributed by atoms with Gasteiger partial charge in [-0.25, -0.2) is 4.79 Å². The molecule has 2 fully saturated rings. The number of amides is 4. The normalized spacial score (nSPS) is 20.7. The van der Waals surface area contributed by atoms with Gasteiger partial charge in [-0.1, -0.05) is 43.0 Å². The molecule has 1 atom stereocenters. The van der Waals surface area contributed by atoms with Crippen molar-refractivity contribution in [1.29, 1.82) is 0 Å². The van der Waals surface area contributed by atoms with E-state index in [-0.39, 0.29) is 30.3 Å². The van der Waals surface area contributed by atoms with Gasteiger partial charge in [-0.2, -0.15) is 0 Å². The van der Waals surface area contributed by atoms with Crippen LogP contribution in [-0.2, 0) is 9.59 Å². The maximum atomic E-state index is 12.7. The fraction of sp³-hybridized carbons (Fsp3) is 0.526. The third-order valence-electron chi connectivity index (χ3n) is 5.05. The predicted molar refractivity (Wildman–Crippen MR) is 104 cm³/mol. The lowest BCUT2D eigenvalue weighted by Gasteiger charge is -2.36. The summed E-state index contributed by atoms with van der Waals surface area (Å²) in [6.07, 6.45) is 5.22. The van der Waals surface area contributed by atoms with Crippen LogP contribution in [0.1, 0.15) is 38.5 Å². The number of benzene rings is 1. The smallest absolute Gasteiger partial charge is 0.318 e. The van der Waals surface area contributed by atoms with E-state index in [1.54, 1.807) is 24.3 Å². The van der Waals surface area contributed by atoms with E-state index >= 15 is 0 Å². The molecule has 1 aromatic rings. The molecule has 0 aromatic heterocycles. The number of hydrogen-bond donors (Lipinski definition) is 3. The lowest BCUT2D eigenvalue weighted by molar-refractivity contribution is -0.131. The van der Waals surface area contributed by atoms with Gasteiger partial charge in [0, 0.05) is 19.1 Å². The first kappa shape index (κ1) is 19.5. The number of rotatable bonds is 4. The fourth-order valence-electron chi connectivity index (χ4n) is 3.60. The lowest BCUT2D eigenvalue weighted by Crippen LogP contribution is -2.61. The molecule has 3 N–H and O–H groups in total. The second-order valence-electron chi connectivity index (χ2n) is 7.02. The highest BCUT2D eigenvalue weighted by molar-refractivity contribution is 6.33. The Bertz CT molecular complexity index is 706. The van der Waals surface area contributed by atoms with Gasteiger partial charge >= 0.3 is 6.03 Å². The van der Waals surface area contributed by atoms with Gasteiger partial charge in [-0.05, 0) is 25.0 Å². The zero-order chi connectivity index (χ0) is 19.2.